The third-order valence-corrected chi connectivity index (χ3v) is 4.81. The van der Waals surface area contributed by atoms with Crippen LogP contribution in [0.2, 0.25) is 0 Å². The van der Waals surface area contributed by atoms with Crippen LogP contribution in [0.25, 0.3) is 27.9 Å². The number of pyridine rings is 2. The number of rotatable bonds is 4. The van der Waals surface area contributed by atoms with Gasteiger partial charge in [0.25, 0.3) is 11.3 Å². The van der Waals surface area contributed by atoms with Crippen LogP contribution in [0.4, 0.5) is 0 Å². The summed E-state index contributed by atoms with van der Waals surface area (Å²) < 4.78 is 8.78. The Balaban J connectivity index is 1.84. The fourth-order valence-corrected chi connectivity index (χ4v) is 3.46. The first-order valence-corrected chi connectivity index (χ1v) is 9.01. The number of aromatic nitrogens is 6. The molecule has 4 aromatic heterocycles. The Bertz CT molecular complexity index is 1390. The molecule has 0 radical (unpaired) electrons. The van der Waals surface area contributed by atoms with Crippen molar-refractivity contribution < 1.29 is 4.74 Å². The second-order valence-corrected chi connectivity index (χ2v) is 6.50. The summed E-state index contributed by atoms with van der Waals surface area (Å²) in [5.41, 5.74) is 2.73. The summed E-state index contributed by atoms with van der Waals surface area (Å²) in [7, 11) is 1.60. The van der Waals surface area contributed by atoms with E-state index in [-0.39, 0.29) is 5.56 Å². The summed E-state index contributed by atoms with van der Waals surface area (Å²) in [6.45, 7) is 0.429. The van der Waals surface area contributed by atoms with Crippen molar-refractivity contribution in [3.8, 4) is 17.0 Å². The van der Waals surface area contributed by atoms with E-state index in [2.05, 4.69) is 20.1 Å². The lowest BCUT2D eigenvalue weighted by molar-refractivity contribution is 0.416. The summed E-state index contributed by atoms with van der Waals surface area (Å²) in [6.07, 6.45) is 6.59. The van der Waals surface area contributed by atoms with Crippen molar-refractivity contribution >= 4 is 16.7 Å². The minimum atomic E-state index is -0.162. The summed E-state index contributed by atoms with van der Waals surface area (Å²) in [5.74, 6) is 1.06. The second-order valence-electron chi connectivity index (χ2n) is 6.50. The van der Waals surface area contributed by atoms with Crippen molar-refractivity contribution in [2.75, 3.05) is 7.11 Å². The van der Waals surface area contributed by atoms with Crippen molar-refractivity contribution in [3.63, 3.8) is 0 Å². The van der Waals surface area contributed by atoms with Crippen LogP contribution < -0.4 is 10.3 Å². The van der Waals surface area contributed by atoms with E-state index in [1.807, 2.05) is 42.5 Å². The number of para-hydroxylation sites is 1. The van der Waals surface area contributed by atoms with E-state index in [0.717, 1.165) is 11.1 Å². The first-order chi connectivity index (χ1) is 14.3. The van der Waals surface area contributed by atoms with Crippen molar-refractivity contribution in [2.45, 2.75) is 6.54 Å². The quantitative estimate of drug-likeness (QED) is 0.473. The van der Waals surface area contributed by atoms with Crippen LogP contribution in [0.1, 0.15) is 5.56 Å². The molecule has 4 heterocycles. The van der Waals surface area contributed by atoms with Crippen LogP contribution in [-0.4, -0.2) is 36.2 Å². The summed E-state index contributed by atoms with van der Waals surface area (Å²) >= 11 is 0. The average molecular weight is 384 g/mol. The van der Waals surface area contributed by atoms with E-state index in [4.69, 9.17) is 4.74 Å². The van der Waals surface area contributed by atoms with Gasteiger partial charge in [-0.3, -0.25) is 9.78 Å². The molecule has 0 fully saturated rings. The molecule has 1 aromatic carbocycles. The standard InChI is InChI=1S/C21H16N6O2/c1-29-17-5-3-2-4-15(17)19-18-16(25-21-23-13-24-27(19)21)8-11-26(20(18)28)12-14-6-9-22-10-7-14/h2-11,13H,12H2,1H3. The summed E-state index contributed by atoms with van der Waals surface area (Å²) in [6, 6.07) is 13.1. The number of fused-ring (bicyclic) bond motifs is 2. The number of nitrogens with zero attached hydrogens (tertiary/aromatic N) is 6. The highest BCUT2D eigenvalue weighted by Gasteiger charge is 2.19. The highest BCUT2D eigenvalue weighted by Crippen LogP contribution is 2.33. The van der Waals surface area contributed by atoms with Gasteiger partial charge >= 0.3 is 0 Å². The maximum atomic E-state index is 13.5. The summed E-state index contributed by atoms with van der Waals surface area (Å²) in [5, 5.41) is 4.77. The maximum Gasteiger partial charge on any atom is 0.262 e. The van der Waals surface area contributed by atoms with E-state index in [1.54, 1.807) is 34.8 Å². The zero-order valence-corrected chi connectivity index (χ0v) is 15.6. The molecule has 142 valence electrons. The minimum Gasteiger partial charge on any atom is -0.496 e. The van der Waals surface area contributed by atoms with Gasteiger partial charge in [-0.15, -0.1) is 0 Å². The van der Waals surface area contributed by atoms with Gasteiger partial charge in [-0.1, -0.05) is 12.1 Å². The van der Waals surface area contributed by atoms with Gasteiger partial charge in [-0.25, -0.2) is 4.98 Å². The fourth-order valence-electron chi connectivity index (χ4n) is 3.46. The van der Waals surface area contributed by atoms with Gasteiger partial charge in [-0.2, -0.15) is 14.6 Å². The SMILES string of the molecule is COc1ccccc1-c1c2c(=O)n(Cc3ccncc3)ccc2nc2ncnn12. The predicted molar refractivity (Wildman–Crippen MR) is 108 cm³/mol. The molecule has 0 aliphatic heterocycles. The normalized spacial score (nSPS) is 11.2. The minimum absolute atomic E-state index is 0.162. The lowest BCUT2D eigenvalue weighted by Crippen LogP contribution is -2.22. The average Bonchev–Trinajstić information content (AvgIpc) is 3.23. The summed E-state index contributed by atoms with van der Waals surface area (Å²) in [4.78, 5) is 26.3. The van der Waals surface area contributed by atoms with E-state index in [1.165, 1.54) is 6.33 Å². The van der Waals surface area contributed by atoms with Crippen LogP contribution in [0.5, 0.6) is 5.75 Å². The van der Waals surface area contributed by atoms with Crippen molar-refractivity contribution in [3.05, 3.63) is 83.3 Å². The molecule has 5 aromatic rings. The van der Waals surface area contributed by atoms with Gasteiger partial charge < -0.3 is 9.30 Å². The third-order valence-electron chi connectivity index (χ3n) is 4.81. The Morgan fingerprint density at radius 2 is 1.90 bits per heavy atom. The van der Waals surface area contributed by atoms with Crippen molar-refractivity contribution in [2.24, 2.45) is 0 Å². The molecule has 0 spiro atoms. The Hall–Kier alpha value is -4.07. The van der Waals surface area contributed by atoms with Gasteiger partial charge in [0, 0.05) is 24.2 Å². The predicted octanol–water partition coefficient (Wildman–Crippen LogP) is 2.56. The lowest BCUT2D eigenvalue weighted by atomic mass is 10.1. The van der Waals surface area contributed by atoms with Gasteiger partial charge in [0.1, 0.15) is 12.1 Å². The van der Waals surface area contributed by atoms with Gasteiger partial charge in [0.05, 0.1) is 30.3 Å². The molecule has 0 saturated carbocycles. The third kappa shape index (κ3) is 2.82. The molecule has 29 heavy (non-hydrogen) atoms. The van der Waals surface area contributed by atoms with Crippen LogP contribution >= 0.6 is 0 Å². The lowest BCUT2D eigenvalue weighted by Gasteiger charge is -2.13. The zero-order chi connectivity index (χ0) is 19.8. The molecule has 0 saturated heterocycles. The Morgan fingerprint density at radius 1 is 1.07 bits per heavy atom. The number of benzene rings is 1. The van der Waals surface area contributed by atoms with Crippen molar-refractivity contribution in [1.29, 1.82) is 0 Å². The molecule has 8 nitrogen and oxygen atoms in total. The molecule has 0 amide bonds. The molecule has 0 atom stereocenters. The largest absolute Gasteiger partial charge is 0.496 e. The first-order valence-electron chi connectivity index (χ1n) is 9.01. The molecule has 0 aliphatic rings. The molecule has 0 bridgehead atoms. The van der Waals surface area contributed by atoms with Gasteiger partial charge in [0.15, 0.2) is 0 Å². The van der Waals surface area contributed by atoms with E-state index in [9.17, 15) is 4.79 Å². The second kappa shape index (κ2) is 6.83. The maximum absolute atomic E-state index is 13.5. The Labute approximate surface area is 165 Å². The molecular formula is C21H16N6O2. The highest BCUT2D eigenvalue weighted by molar-refractivity contribution is 5.94. The van der Waals surface area contributed by atoms with Crippen molar-refractivity contribution in [1.82, 2.24) is 29.1 Å². The van der Waals surface area contributed by atoms with Crippen LogP contribution in [0, 0.1) is 0 Å². The molecule has 0 aliphatic carbocycles. The van der Waals surface area contributed by atoms with Crippen LogP contribution in [0.15, 0.2) is 72.2 Å². The van der Waals surface area contributed by atoms with E-state index >= 15 is 0 Å². The molecule has 5 rings (SSSR count). The van der Waals surface area contributed by atoms with Gasteiger partial charge in [-0.05, 0) is 35.9 Å². The van der Waals surface area contributed by atoms with Crippen LogP contribution in [0.3, 0.4) is 0 Å². The van der Waals surface area contributed by atoms with E-state index < -0.39 is 0 Å². The highest BCUT2D eigenvalue weighted by atomic mass is 16.5. The molecule has 8 heteroatoms. The van der Waals surface area contributed by atoms with Gasteiger partial charge in [0.2, 0.25) is 0 Å². The monoisotopic (exact) mass is 384 g/mol. The number of ether oxygens (including phenoxy) is 1. The van der Waals surface area contributed by atoms with Crippen LogP contribution in [-0.2, 0) is 6.54 Å². The topological polar surface area (TPSA) is 87.2 Å². The Morgan fingerprint density at radius 3 is 2.72 bits per heavy atom. The molecule has 0 unspecified atom stereocenters. The molecule has 0 N–H and O–H groups in total. The molecular weight excluding hydrogens is 368 g/mol. The number of hydrogen-bond donors (Lipinski definition) is 0. The number of hydrogen-bond acceptors (Lipinski definition) is 6. The fraction of sp³-hybridized carbons (Fsp3) is 0.0952. The smallest absolute Gasteiger partial charge is 0.262 e. The Kier molecular flexibility index (Phi) is 4.02. The first kappa shape index (κ1) is 17.1. The van der Waals surface area contributed by atoms with E-state index in [0.29, 0.717) is 34.7 Å². The zero-order valence-electron chi connectivity index (χ0n) is 15.6. The number of methoxy groups -OCH3 is 1.